The largest absolute Gasteiger partial charge is 0.673 e. The van der Waals surface area contributed by atoms with E-state index < -0.39 is 7.25 Å². The van der Waals surface area contributed by atoms with E-state index in [9.17, 15) is 17.3 Å². The minimum atomic E-state index is -6.00. The summed E-state index contributed by atoms with van der Waals surface area (Å²) in [6.45, 7) is 0. The van der Waals surface area contributed by atoms with Gasteiger partial charge in [-0.2, -0.15) is 0 Å². The van der Waals surface area contributed by atoms with Crippen molar-refractivity contribution in [3.8, 4) is 11.5 Å². The number of methoxy groups -OCH3 is 2. The molecule has 2 saturated carbocycles. The lowest BCUT2D eigenvalue weighted by Gasteiger charge is -2.39. The molecule has 0 unspecified atom stereocenters. The number of halogens is 4. The first-order valence-corrected chi connectivity index (χ1v) is 11.7. The molecule has 0 saturated heterocycles. The van der Waals surface area contributed by atoms with Crippen molar-refractivity contribution >= 4 is 20.5 Å². The van der Waals surface area contributed by atoms with E-state index in [0.29, 0.717) is 0 Å². The lowest BCUT2D eigenvalue weighted by molar-refractivity contribution is 0.368. The summed E-state index contributed by atoms with van der Waals surface area (Å²) in [5.41, 5.74) is 1.74. The molecule has 2 aliphatic carbocycles. The van der Waals surface area contributed by atoms with Crippen molar-refractivity contribution in [2.45, 2.75) is 75.5 Å². The summed E-state index contributed by atoms with van der Waals surface area (Å²) in [7, 11) is -2.57. The second-order valence-corrected chi connectivity index (χ2v) is 10.2. The quantitative estimate of drug-likeness (QED) is 0.297. The first-order chi connectivity index (χ1) is 13.3. The Balaban J connectivity index is 0.000000500. The van der Waals surface area contributed by atoms with Gasteiger partial charge in [0.1, 0.15) is 11.5 Å². The monoisotopic (exact) mass is 421 g/mol. The highest BCUT2D eigenvalue weighted by atomic mass is 31.1. The standard InChI is InChI=1S/C20H31O2P.BF4/c1-21-18-14-9-15-19(22-2)20(18)23(16-10-5-3-6-11-16)17-12-7-4-8-13-17;2-1(3,4)5/h9,14-17H,3-8,10-13H2,1-2H3;/q;-1. The van der Waals surface area contributed by atoms with Crippen molar-refractivity contribution < 1.29 is 26.7 Å². The Morgan fingerprint density at radius 1 is 0.750 bits per heavy atom. The van der Waals surface area contributed by atoms with Gasteiger partial charge in [-0.15, -0.1) is 0 Å². The molecular formula is C20H31BF4O2P-. The Morgan fingerprint density at radius 3 is 1.43 bits per heavy atom. The smallest absolute Gasteiger partial charge is 0.496 e. The highest BCUT2D eigenvalue weighted by Gasteiger charge is 2.35. The van der Waals surface area contributed by atoms with E-state index in [4.69, 9.17) is 9.47 Å². The fourth-order valence-corrected chi connectivity index (χ4v) is 8.48. The third kappa shape index (κ3) is 7.13. The normalized spacial score (nSPS) is 19.1. The Kier molecular flexibility index (Phi) is 9.39. The maximum Gasteiger partial charge on any atom is 0.673 e. The molecule has 2 fully saturated rings. The Labute approximate surface area is 167 Å². The van der Waals surface area contributed by atoms with Crippen LogP contribution < -0.4 is 14.8 Å². The first-order valence-electron chi connectivity index (χ1n) is 10.2. The highest BCUT2D eigenvalue weighted by Crippen LogP contribution is 2.57. The molecule has 0 heterocycles. The van der Waals surface area contributed by atoms with Gasteiger partial charge in [0.25, 0.3) is 0 Å². The van der Waals surface area contributed by atoms with E-state index in [1.165, 1.54) is 69.5 Å². The van der Waals surface area contributed by atoms with Gasteiger partial charge in [-0.1, -0.05) is 52.5 Å². The summed E-state index contributed by atoms with van der Waals surface area (Å²) >= 11 is 0. The number of hydrogen-bond acceptors (Lipinski definition) is 2. The maximum absolute atomic E-state index is 9.75. The molecule has 0 amide bonds. The van der Waals surface area contributed by atoms with Crippen LogP contribution in [0.25, 0.3) is 0 Å². The van der Waals surface area contributed by atoms with Crippen LogP contribution in [0.15, 0.2) is 18.2 Å². The van der Waals surface area contributed by atoms with E-state index >= 15 is 0 Å². The second-order valence-electron chi connectivity index (χ2n) is 7.50. The minimum Gasteiger partial charge on any atom is -0.496 e. The van der Waals surface area contributed by atoms with Gasteiger partial charge in [-0.3, -0.25) is 0 Å². The highest BCUT2D eigenvalue weighted by molar-refractivity contribution is 7.67. The van der Waals surface area contributed by atoms with Crippen molar-refractivity contribution in [1.29, 1.82) is 0 Å². The van der Waals surface area contributed by atoms with Gasteiger partial charge in [0.2, 0.25) is 0 Å². The van der Waals surface area contributed by atoms with Gasteiger partial charge < -0.3 is 26.7 Å². The molecule has 2 aliphatic rings. The molecule has 0 radical (unpaired) electrons. The summed E-state index contributed by atoms with van der Waals surface area (Å²) < 4.78 is 50.6. The predicted molar refractivity (Wildman–Crippen MR) is 110 cm³/mol. The topological polar surface area (TPSA) is 18.5 Å². The zero-order chi connectivity index (χ0) is 20.6. The Morgan fingerprint density at radius 2 is 1.11 bits per heavy atom. The number of benzene rings is 1. The van der Waals surface area contributed by atoms with Crippen LogP contribution >= 0.6 is 7.92 Å². The van der Waals surface area contributed by atoms with Gasteiger partial charge in [-0.25, -0.2) is 0 Å². The molecule has 28 heavy (non-hydrogen) atoms. The van der Waals surface area contributed by atoms with Crippen LogP contribution in [0.5, 0.6) is 11.5 Å². The summed E-state index contributed by atoms with van der Waals surface area (Å²) in [5, 5.41) is 1.42. The summed E-state index contributed by atoms with van der Waals surface area (Å²) in [4.78, 5) is 0. The minimum absolute atomic E-state index is 0.195. The molecule has 0 bridgehead atoms. The molecule has 0 N–H and O–H groups in total. The van der Waals surface area contributed by atoms with Gasteiger partial charge >= 0.3 is 7.25 Å². The molecule has 3 rings (SSSR count). The van der Waals surface area contributed by atoms with Crippen LogP contribution in [0.3, 0.4) is 0 Å². The Bertz CT molecular complexity index is 542. The molecule has 0 atom stereocenters. The number of rotatable bonds is 5. The van der Waals surface area contributed by atoms with E-state index in [1.807, 2.05) is 14.2 Å². The maximum atomic E-state index is 9.75. The average molecular weight is 421 g/mol. The van der Waals surface area contributed by atoms with E-state index in [1.54, 1.807) is 0 Å². The number of ether oxygens (including phenoxy) is 2. The van der Waals surface area contributed by atoms with Crippen LogP contribution in [0, 0.1) is 0 Å². The summed E-state index contributed by atoms with van der Waals surface area (Å²) in [5.74, 6) is 2.12. The number of hydrogen-bond donors (Lipinski definition) is 0. The van der Waals surface area contributed by atoms with Crippen LogP contribution in [0.1, 0.15) is 64.2 Å². The van der Waals surface area contributed by atoms with Crippen LogP contribution in [0.2, 0.25) is 0 Å². The lowest BCUT2D eigenvalue weighted by Crippen LogP contribution is -2.27. The summed E-state index contributed by atoms with van der Waals surface area (Å²) in [6, 6.07) is 6.34. The van der Waals surface area contributed by atoms with Crippen LogP contribution in [0.4, 0.5) is 17.3 Å². The molecule has 0 aromatic heterocycles. The Hall–Kier alpha value is -0.965. The van der Waals surface area contributed by atoms with Crippen molar-refractivity contribution in [3.05, 3.63) is 18.2 Å². The zero-order valence-corrected chi connectivity index (χ0v) is 17.7. The van der Waals surface area contributed by atoms with Crippen LogP contribution in [-0.4, -0.2) is 32.8 Å². The summed E-state index contributed by atoms with van der Waals surface area (Å²) in [6.07, 6.45) is 14.1. The van der Waals surface area contributed by atoms with E-state index in [-0.39, 0.29) is 7.92 Å². The predicted octanol–water partition coefficient (Wildman–Crippen LogP) is 6.78. The molecular weight excluding hydrogens is 390 g/mol. The molecule has 1 aromatic rings. The van der Waals surface area contributed by atoms with Crippen molar-refractivity contribution in [3.63, 3.8) is 0 Å². The van der Waals surface area contributed by atoms with E-state index in [2.05, 4.69) is 18.2 Å². The second kappa shape index (κ2) is 11.3. The lowest BCUT2D eigenvalue weighted by atomic mass is 9.99. The molecule has 160 valence electrons. The molecule has 8 heteroatoms. The third-order valence-electron chi connectivity index (χ3n) is 5.60. The third-order valence-corrected chi connectivity index (χ3v) is 9.16. The van der Waals surface area contributed by atoms with Gasteiger partial charge in [0, 0.05) is 0 Å². The fraction of sp³-hybridized carbons (Fsp3) is 0.700. The first kappa shape index (κ1) is 23.3. The van der Waals surface area contributed by atoms with Crippen molar-refractivity contribution in [1.82, 2.24) is 0 Å². The van der Waals surface area contributed by atoms with Crippen molar-refractivity contribution in [2.75, 3.05) is 14.2 Å². The average Bonchev–Trinajstić information content (AvgIpc) is 2.68. The molecule has 0 spiro atoms. The van der Waals surface area contributed by atoms with Gasteiger partial charge in [-0.05, 0) is 49.1 Å². The van der Waals surface area contributed by atoms with Gasteiger partial charge in [0.15, 0.2) is 0 Å². The molecule has 0 aliphatic heterocycles. The molecule has 1 aromatic carbocycles. The zero-order valence-electron chi connectivity index (χ0n) is 16.8. The fourth-order valence-electron chi connectivity index (χ4n) is 4.47. The van der Waals surface area contributed by atoms with Crippen LogP contribution in [-0.2, 0) is 0 Å². The van der Waals surface area contributed by atoms with E-state index in [0.717, 1.165) is 22.8 Å². The SMILES string of the molecule is COc1cccc(OC)c1P(C1CCCCC1)C1CCCCC1.F[B-](F)(F)F. The molecule has 2 nitrogen and oxygen atoms in total. The van der Waals surface area contributed by atoms with Crippen molar-refractivity contribution in [2.24, 2.45) is 0 Å². The van der Waals surface area contributed by atoms with Gasteiger partial charge in [0.05, 0.1) is 19.5 Å².